The van der Waals surface area contributed by atoms with E-state index in [1.54, 1.807) is 13.3 Å². The lowest BCUT2D eigenvalue weighted by Gasteiger charge is -2.24. The van der Waals surface area contributed by atoms with E-state index in [0.717, 1.165) is 62.0 Å². The van der Waals surface area contributed by atoms with Crippen molar-refractivity contribution in [3.05, 3.63) is 66.4 Å². The van der Waals surface area contributed by atoms with Crippen LogP contribution in [0, 0.1) is 5.92 Å². The van der Waals surface area contributed by atoms with Crippen molar-refractivity contribution in [2.45, 2.75) is 44.6 Å². The Hall–Kier alpha value is -3.36. The van der Waals surface area contributed by atoms with E-state index < -0.39 is 0 Å². The molecule has 0 amide bonds. The van der Waals surface area contributed by atoms with Gasteiger partial charge in [-0.25, -0.2) is 4.98 Å². The number of hydrogen-bond donors (Lipinski definition) is 3. The highest BCUT2D eigenvalue weighted by Gasteiger charge is 2.24. The van der Waals surface area contributed by atoms with Gasteiger partial charge in [0.2, 0.25) is 5.95 Å². The van der Waals surface area contributed by atoms with Crippen LogP contribution in [-0.2, 0) is 6.42 Å². The van der Waals surface area contributed by atoms with Crippen molar-refractivity contribution in [1.82, 2.24) is 20.2 Å². The second kappa shape index (κ2) is 14.1. The Kier molecular flexibility index (Phi) is 9.87. The smallest absolute Gasteiger partial charge is 0.229 e. The molecule has 2 aliphatic heterocycles. The molecular weight excluding hydrogens is 488 g/mol. The number of hydrogen-bond acceptors (Lipinski definition) is 8. The summed E-state index contributed by atoms with van der Waals surface area (Å²) in [4.78, 5) is 11.7. The van der Waals surface area contributed by atoms with Crippen molar-refractivity contribution in [3.8, 4) is 11.5 Å². The Balaban J connectivity index is 1.11. The van der Waals surface area contributed by atoms with Gasteiger partial charge in [-0.3, -0.25) is 4.90 Å². The summed E-state index contributed by atoms with van der Waals surface area (Å²) in [6.45, 7) is 5.98. The van der Waals surface area contributed by atoms with Crippen molar-refractivity contribution in [2.24, 2.45) is 5.92 Å². The molecule has 2 saturated heterocycles. The molecule has 1 atom stereocenters. The number of anilines is 3. The number of piperidine rings is 1. The monoisotopic (exact) mass is 530 g/mol. The van der Waals surface area contributed by atoms with Crippen molar-refractivity contribution in [2.75, 3.05) is 57.1 Å². The number of rotatable bonds is 13. The highest BCUT2D eigenvalue weighted by molar-refractivity contribution is 5.60. The average molecular weight is 531 g/mol. The van der Waals surface area contributed by atoms with Gasteiger partial charge in [-0.15, -0.1) is 0 Å². The fourth-order valence-electron chi connectivity index (χ4n) is 5.61. The molecule has 0 saturated carbocycles. The van der Waals surface area contributed by atoms with Crippen LogP contribution in [0.3, 0.4) is 0 Å². The number of nitrogens with one attached hydrogen (secondary N) is 3. The molecule has 0 spiro atoms. The lowest BCUT2D eigenvalue weighted by molar-refractivity contribution is 0.217. The van der Waals surface area contributed by atoms with Crippen molar-refractivity contribution >= 4 is 17.5 Å². The molecule has 3 heterocycles. The zero-order chi connectivity index (χ0) is 26.7. The quantitative estimate of drug-likeness (QED) is 0.263. The molecule has 2 aromatic carbocycles. The summed E-state index contributed by atoms with van der Waals surface area (Å²) < 4.78 is 11.8. The normalized spacial score (nSPS) is 18.1. The Labute approximate surface area is 232 Å². The average Bonchev–Trinajstić information content (AvgIpc) is 3.42. The largest absolute Gasteiger partial charge is 0.493 e. The second-order valence-electron chi connectivity index (χ2n) is 10.6. The van der Waals surface area contributed by atoms with Crippen LogP contribution in [-0.4, -0.2) is 67.4 Å². The van der Waals surface area contributed by atoms with Crippen LogP contribution in [0.25, 0.3) is 0 Å². The Morgan fingerprint density at radius 1 is 1.03 bits per heavy atom. The number of benzene rings is 2. The standard InChI is InChI=1S/C31H42N6O2/c1-38-28-11-10-26(35-31-33-17-14-30(36-31)34-23-25-12-15-32-16-13-25)22-29(28)39-20-6-19-37-18-5-9-27(37)21-24-7-3-2-4-8-24/h2-4,7-8,10-11,14,17,22,25,27,32H,5-6,9,12-13,15-16,18-21,23H2,1H3,(H2,33,34,35,36). The lowest BCUT2D eigenvalue weighted by atomic mass is 9.98. The first kappa shape index (κ1) is 27.2. The highest BCUT2D eigenvalue weighted by Crippen LogP contribution is 2.31. The SMILES string of the molecule is COc1ccc(Nc2nccc(NCC3CCNCC3)n2)cc1OCCCN1CCCC1Cc1ccccc1. The predicted octanol–water partition coefficient (Wildman–Crippen LogP) is 5.12. The minimum Gasteiger partial charge on any atom is -0.493 e. The van der Waals surface area contributed by atoms with Gasteiger partial charge in [0.1, 0.15) is 5.82 Å². The van der Waals surface area contributed by atoms with Gasteiger partial charge in [-0.2, -0.15) is 4.98 Å². The fourth-order valence-corrected chi connectivity index (χ4v) is 5.61. The van der Waals surface area contributed by atoms with E-state index in [4.69, 9.17) is 9.47 Å². The number of methoxy groups -OCH3 is 1. The molecule has 1 unspecified atom stereocenters. The molecule has 1 aromatic heterocycles. The summed E-state index contributed by atoms with van der Waals surface area (Å²) in [5, 5.41) is 10.2. The third-order valence-electron chi connectivity index (χ3n) is 7.77. The molecule has 5 rings (SSSR count). The molecular formula is C31H42N6O2. The summed E-state index contributed by atoms with van der Waals surface area (Å²) in [5.74, 6) is 3.52. The van der Waals surface area contributed by atoms with Gasteiger partial charge < -0.3 is 25.4 Å². The molecule has 2 fully saturated rings. The third-order valence-corrected chi connectivity index (χ3v) is 7.77. The summed E-state index contributed by atoms with van der Waals surface area (Å²) in [6, 6.07) is 19.2. The van der Waals surface area contributed by atoms with Crippen molar-refractivity contribution < 1.29 is 9.47 Å². The fraction of sp³-hybridized carbons (Fsp3) is 0.484. The van der Waals surface area contributed by atoms with Gasteiger partial charge in [0.05, 0.1) is 13.7 Å². The zero-order valence-electron chi connectivity index (χ0n) is 23.1. The summed E-state index contributed by atoms with van der Waals surface area (Å²) in [7, 11) is 1.67. The molecule has 8 nitrogen and oxygen atoms in total. The van der Waals surface area contributed by atoms with E-state index >= 15 is 0 Å². The summed E-state index contributed by atoms with van der Waals surface area (Å²) in [6.07, 6.45) is 8.82. The molecule has 3 aromatic rings. The van der Waals surface area contributed by atoms with Gasteiger partial charge in [0.15, 0.2) is 11.5 Å². The predicted molar refractivity (Wildman–Crippen MR) is 157 cm³/mol. The first-order chi connectivity index (χ1) is 19.3. The van der Waals surface area contributed by atoms with Crippen LogP contribution in [0.4, 0.5) is 17.5 Å². The van der Waals surface area contributed by atoms with E-state index in [1.165, 1.54) is 37.8 Å². The van der Waals surface area contributed by atoms with Crippen molar-refractivity contribution in [3.63, 3.8) is 0 Å². The molecule has 208 valence electrons. The van der Waals surface area contributed by atoms with Gasteiger partial charge in [0.25, 0.3) is 0 Å². The molecule has 2 aliphatic rings. The summed E-state index contributed by atoms with van der Waals surface area (Å²) in [5.41, 5.74) is 2.29. The van der Waals surface area contributed by atoms with Gasteiger partial charge in [0, 0.05) is 37.1 Å². The minimum atomic E-state index is 0.555. The maximum absolute atomic E-state index is 6.20. The topological polar surface area (TPSA) is 83.6 Å². The van der Waals surface area contributed by atoms with E-state index in [1.807, 2.05) is 24.3 Å². The molecule has 8 heteroatoms. The van der Waals surface area contributed by atoms with Crippen LogP contribution in [0.15, 0.2) is 60.8 Å². The number of nitrogens with zero attached hydrogens (tertiary/aromatic N) is 3. The van der Waals surface area contributed by atoms with Gasteiger partial charge in [-0.05, 0) is 87.8 Å². The molecule has 0 radical (unpaired) electrons. The molecule has 0 aliphatic carbocycles. The van der Waals surface area contributed by atoms with E-state index in [-0.39, 0.29) is 0 Å². The molecule has 39 heavy (non-hydrogen) atoms. The molecule has 0 bridgehead atoms. The first-order valence-electron chi connectivity index (χ1n) is 14.4. The Bertz CT molecular complexity index is 1150. The number of ether oxygens (including phenoxy) is 2. The van der Waals surface area contributed by atoms with Gasteiger partial charge in [-0.1, -0.05) is 30.3 Å². The molecule has 3 N–H and O–H groups in total. The second-order valence-corrected chi connectivity index (χ2v) is 10.6. The van der Waals surface area contributed by atoms with E-state index in [2.05, 4.69) is 61.2 Å². The first-order valence-corrected chi connectivity index (χ1v) is 14.4. The summed E-state index contributed by atoms with van der Waals surface area (Å²) >= 11 is 0. The number of likely N-dealkylation sites (tertiary alicyclic amines) is 1. The van der Waals surface area contributed by atoms with Crippen LogP contribution in [0.5, 0.6) is 11.5 Å². The maximum atomic E-state index is 6.20. The minimum absolute atomic E-state index is 0.555. The Morgan fingerprint density at radius 3 is 2.74 bits per heavy atom. The maximum Gasteiger partial charge on any atom is 0.229 e. The highest BCUT2D eigenvalue weighted by atomic mass is 16.5. The number of aromatic nitrogens is 2. The van der Waals surface area contributed by atoms with Crippen LogP contribution < -0.4 is 25.4 Å². The van der Waals surface area contributed by atoms with Gasteiger partial charge >= 0.3 is 0 Å². The third kappa shape index (κ3) is 8.07. The van der Waals surface area contributed by atoms with Crippen LogP contribution >= 0.6 is 0 Å². The lowest BCUT2D eigenvalue weighted by Crippen LogP contribution is -2.32. The van der Waals surface area contributed by atoms with Crippen LogP contribution in [0.1, 0.15) is 37.7 Å². The van der Waals surface area contributed by atoms with E-state index in [0.29, 0.717) is 24.5 Å². The Morgan fingerprint density at radius 2 is 1.90 bits per heavy atom. The zero-order valence-corrected chi connectivity index (χ0v) is 23.1. The van der Waals surface area contributed by atoms with E-state index in [9.17, 15) is 0 Å². The van der Waals surface area contributed by atoms with Crippen LogP contribution in [0.2, 0.25) is 0 Å². The van der Waals surface area contributed by atoms with Crippen molar-refractivity contribution in [1.29, 1.82) is 0 Å².